The summed E-state index contributed by atoms with van der Waals surface area (Å²) in [5.74, 6) is 3.75. The molecule has 0 radical (unpaired) electrons. The maximum atomic E-state index is 12.5. The van der Waals surface area contributed by atoms with Gasteiger partial charge in [0.2, 0.25) is 0 Å². The van der Waals surface area contributed by atoms with Crippen molar-refractivity contribution in [2.45, 2.75) is 12.6 Å². The molecule has 0 aliphatic rings. The van der Waals surface area contributed by atoms with Gasteiger partial charge in [-0.3, -0.25) is 0 Å². The second-order valence-corrected chi connectivity index (χ2v) is 4.10. The van der Waals surface area contributed by atoms with Crippen LogP contribution < -0.4 is 0 Å². The van der Waals surface area contributed by atoms with Crippen molar-refractivity contribution in [2.75, 3.05) is 5.33 Å². The number of hydrogen-bond donors (Lipinski definition) is 1. The fraction of sp³-hybridized carbons (Fsp3) is 0.250. The van der Waals surface area contributed by atoms with Crippen molar-refractivity contribution in [2.24, 2.45) is 0 Å². The summed E-state index contributed by atoms with van der Waals surface area (Å²) in [7, 11) is 0. The Balaban J connectivity index is 3.26. The van der Waals surface area contributed by atoms with Crippen LogP contribution in [0.1, 0.15) is 27.9 Å². The number of carboxylic acid groups (broad SMARTS) is 1. The van der Waals surface area contributed by atoms with Crippen molar-refractivity contribution in [3.05, 3.63) is 34.9 Å². The predicted molar refractivity (Wildman–Crippen MR) is 63.7 cm³/mol. The molecule has 1 aromatic carbocycles. The molecule has 0 amide bonds. The third-order valence-electron chi connectivity index (χ3n) is 2.02. The highest BCUT2D eigenvalue weighted by Crippen LogP contribution is 2.30. The predicted octanol–water partition coefficient (Wildman–Crippen LogP) is 3.54. The number of carboxylic acids is 1. The molecule has 1 N–H and O–H groups in total. The molecule has 0 fully saturated rings. The van der Waals surface area contributed by atoms with Crippen molar-refractivity contribution >= 4 is 21.9 Å². The summed E-state index contributed by atoms with van der Waals surface area (Å²) in [6.45, 7) is 0. The Morgan fingerprint density at radius 2 is 2.06 bits per heavy atom. The molecule has 0 saturated carbocycles. The molecular weight excluding hydrogens is 313 g/mol. The highest BCUT2D eigenvalue weighted by Gasteiger charge is 2.31. The smallest absolute Gasteiger partial charge is 0.416 e. The van der Waals surface area contributed by atoms with E-state index < -0.39 is 17.7 Å². The maximum absolute atomic E-state index is 12.5. The molecule has 0 spiro atoms. The molecule has 0 aliphatic heterocycles. The molecule has 0 saturated heterocycles. The molecule has 1 aromatic rings. The summed E-state index contributed by atoms with van der Waals surface area (Å²) in [5, 5.41) is 9.43. The van der Waals surface area contributed by atoms with Gasteiger partial charge in [-0.1, -0.05) is 27.8 Å². The standard InChI is InChI=1S/C12H8BrF3O2/c13-6-2-1-3-8-7-9(12(14,15)16)4-5-10(8)11(17)18/h4-5,7H,2,6H2,(H,17,18). The van der Waals surface area contributed by atoms with E-state index in [-0.39, 0.29) is 11.1 Å². The van der Waals surface area contributed by atoms with Gasteiger partial charge in [-0.15, -0.1) is 0 Å². The zero-order valence-electron chi connectivity index (χ0n) is 9.01. The van der Waals surface area contributed by atoms with Crippen molar-refractivity contribution in [3.8, 4) is 11.8 Å². The Labute approximate surface area is 110 Å². The summed E-state index contributed by atoms with van der Waals surface area (Å²) in [4.78, 5) is 10.9. The molecule has 0 heterocycles. The van der Waals surface area contributed by atoms with Crippen molar-refractivity contribution in [3.63, 3.8) is 0 Å². The number of hydrogen-bond acceptors (Lipinski definition) is 1. The molecular formula is C12H8BrF3O2. The van der Waals surface area contributed by atoms with Crippen LogP contribution in [0.4, 0.5) is 13.2 Å². The van der Waals surface area contributed by atoms with E-state index in [2.05, 4.69) is 27.8 Å². The van der Waals surface area contributed by atoms with Crippen LogP contribution >= 0.6 is 15.9 Å². The van der Waals surface area contributed by atoms with Gasteiger partial charge in [-0.2, -0.15) is 13.2 Å². The van der Waals surface area contributed by atoms with E-state index >= 15 is 0 Å². The van der Waals surface area contributed by atoms with Crippen LogP contribution in [0.25, 0.3) is 0 Å². The highest BCUT2D eigenvalue weighted by atomic mass is 79.9. The molecule has 96 valence electrons. The Morgan fingerprint density at radius 1 is 1.39 bits per heavy atom. The van der Waals surface area contributed by atoms with Crippen LogP contribution in [0.2, 0.25) is 0 Å². The van der Waals surface area contributed by atoms with E-state index in [4.69, 9.17) is 5.11 Å². The SMILES string of the molecule is O=C(O)c1ccc(C(F)(F)F)cc1C#CCCBr. The lowest BCUT2D eigenvalue weighted by atomic mass is 10.0. The van der Waals surface area contributed by atoms with Gasteiger partial charge in [0.15, 0.2) is 0 Å². The molecule has 0 aromatic heterocycles. The minimum atomic E-state index is -4.51. The zero-order valence-corrected chi connectivity index (χ0v) is 10.6. The van der Waals surface area contributed by atoms with E-state index in [1.807, 2.05) is 0 Å². The fourth-order valence-electron chi connectivity index (χ4n) is 1.22. The third-order valence-corrected chi connectivity index (χ3v) is 2.42. The second kappa shape index (κ2) is 5.91. The molecule has 0 unspecified atom stereocenters. The Bertz CT molecular complexity index is 512. The minimum absolute atomic E-state index is 0.127. The number of carbonyl (C=O) groups is 1. The number of alkyl halides is 4. The van der Waals surface area contributed by atoms with Gasteiger partial charge in [0, 0.05) is 17.3 Å². The Hall–Kier alpha value is -1.48. The average Bonchev–Trinajstić information content (AvgIpc) is 2.27. The third kappa shape index (κ3) is 3.77. The molecule has 1 rings (SSSR count). The lowest BCUT2D eigenvalue weighted by Gasteiger charge is -2.08. The lowest BCUT2D eigenvalue weighted by Crippen LogP contribution is -2.08. The van der Waals surface area contributed by atoms with E-state index in [9.17, 15) is 18.0 Å². The number of benzene rings is 1. The quantitative estimate of drug-likeness (QED) is 0.668. The van der Waals surface area contributed by atoms with Gasteiger partial charge in [-0.05, 0) is 18.2 Å². The van der Waals surface area contributed by atoms with E-state index in [1.165, 1.54) is 0 Å². The molecule has 0 aliphatic carbocycles. The first kappa shape index (κ1) is 14.6. The van der Waals surface area contributed by atoms with Crippen LogP contribution in [0.15, 0.2) is 18.2 Å². The van der Waals surface area contributed by atoms with Gasteiger partial charge < -0.3 is 5.11 Å². The van der Waals surface area contributed by atoms with Crippen LogP contribution in [-0.2, 0) is 6.18 Å². The maximum Gasteiger partial charge on any atom is 0.416 e. The van der Waals surface area contributed by atoms with Crippen molar-refractivity contribution in [1.82, 2.24) is 0 Å². The topological polar surface area (TPSA) is 37.3 Å². The summed E-state index contributed by atoms with van der Waals surface area (Å²) >= 11 is 3.12. The molecule has 0 bridgehead atoms. The first-order valence-electron chi connectivity index (χ1n) is 4.85. The van der Waals surface area contributed by atoms with Crippen LogP contribution in [0.3, 0.4) is 0 Å². The van der Waals surface area contributed by atoms with Gasteiger partial charge in [0.25, 0.3) is 0 Å². The van der Waals surface area contributed by atoms with Crippen molar-refractivity contribution in [1.29, 1.82) is 0 Å². The first-order valence-corrected chi connectivity index (χ1v) is 5.97. The molecule has 18 heavy (non-hydrogen) atoms. The minimum Gasteiger partial charge on any atom is -0.478 e. The largest absolute Gasteiger partial charge is 0.478 e. The summed E-state index contributed by atoms with van der Waals surface area (Å²) in [6.07, 6.45) is -4.09. The second-order valence-electron chi connectivity index (χ2n) is 3.30. The van der Waals surface area contributed by atoms with Gasteiger partial charge in [0.05, 0.1) is 11.1 Å². The van der Waals surface area contributed by atoms with Crippen LogP contribution in [-0.4, -0.2) is 16.4 Å². The number of aromatic carboxylic acids is 1. The number of halogens is 4. The van der Waals surface area contributed by atoms with Gasteiger partial charge >= 0.3 is 12.1 Å². The monoisotopic (exact) mass is 320 g/mol. The summed E-state index contributed by atoms with van der Waals surface area (Å²) in [6, 6.07) is 2.41. The fourth-order valence-corrected chi connectivity index (χ4v) is 1.41. The Morgan fingerprint density at radius 3 is 2.56 bits per heavy atom. The lowest BCUT2D eigenvalue weighted by molar-refractivity contribution is -0.137. The van der Waals surface area contributed by atoms with Gasteiger partial charge in [0.1, 0.15) is 0 Å². The summed E-state index contributed by atoms with van der Waals surface area (Å²) in [5.41, 5.74) is -1.26. The first-order chi connectivity index (χ1) is 8.36. The Kier molecular flexibility index (Phi) is 4.79. The van der Waals surface area contributed by atoms with Crippen LogP contribution in [0, 0.1) is 11.8 Å². The number of rotatable bonds is 2. The molecule has 2 nitrogen and oxygen atoms in total. The van der Waals surface area contributed by atoms with Gasteiger partial charge in [-0.25, -0.2) is 4.79 Å². The van der Waals surface area contributed by atoms with Crippen molar-refractivity contribution < 1.29 is 23.1 Å². The average molecular weight is 321 g/mol. The molecule has 0 atom stereocenters. The summed E-state index contributed by atoms with van der Waals surface area (Å²) < 4.78 is 37.5. The molecule has 6 heteroatoms. The normalized spacial score (nSPS) is 10.7. The van der Waals surface area contributed by atoms with E-state index in [1.54, 1.807) is 0 Å². The van der Waals surface area contributed by atoms with E-state index in [0.29, 0.717) is 11.8 Å². The van der Waals surface area contributed by atoms with Crippen LogP contribution in [0.5, 0.6) is 0 Å². The highest BCUT2D eigenvalue weighted by molar-refractivity contribution is 9.09. The zero-order chi connectivity index (χ0) is 13.8. The van der Waals surface area contributed by atoms with E-state index in [0.717, 1.165) is 18.2 Å².